The number of esters is 1. The van der Waals surface area contributed by atoms with Crippen LogP contribution in [0.1, 0.15) is 49.1 Å². The van der Waals surface area contributed by atoms with Crippen molar-refractivity contribution in [3.63, 3.8) is 0 Å². The molecule has 0 bridgehead atoms. The van der Waals surface area contributed by atoms with Crippen molar-refractivity contribution in [2.45, 2.75) is 55.9 Å². The first-order valence-corrected chi connectivity index (χ1v) is 18.6. The Morgan fingerprint density at radius 3 is 1.61 bits per heavy atom. The Balaban J connectivity index is 0.000000186. The predicted octanol–water partition coefficient (Wildman–Crippen LogP) is 7.85. The molecule has 6 aromatic rings. The van der Waals surface area contributed by atoms with Gasteiger partial charge in [-0.1, -0.05) is 48.5 Å². The number of halogens is 8. The second-order valence-electron chi connectivity index (χ2n) is 14.8. The lowest BCUT2D eigenvalue weighted by Gasteiger charge is -2.28. The molecule has 0 saturated heterocycles. The van der Waals surface area contributed by atoms with Crippen molar-refractivity contribution in [1.82, 2.24) is 19.6 Å². The second-order valence-corrected chi connectivity index (χ2v) is 14.8. The molecule has 2 aliphatic carbocycles. The lowest BCUT2D eigenvalue weighted by atomic mass is 9.89. The molecule has 4 atom stereocenters. The molecule has 2 unspecified atom stereocenters. The summed E-state index contributed by atoms with van der Waals surface area (Å²) in [6.45, 7) is 3.81. The normalized spacial score (nSPS) is 19.0. The summed E-state index contributed by atoms with van der Waals surface area (Å²) in [7, 11) is 0. The third kappa shape index (κ3) is 6.61. The first kappa shape index (κ1) is 43.6. The Kier molecular flexibility index (Phi) is 10.7. The minimum absolute atomic E-state index is 0.000413. The molecule has 19 heteroatoms. The first-order valence-electron chi connectivity index (χ1n) is 18.6. The molecule has 2 heterocycles. The Morgan fingerprint density at radius 2 is 1.18 bits per heavy atom. The standard InChI is InChI=1S/C22H18F4N2O3.C21H16F4N2O4/c1-3-31-20(29)12(2)28-11-13(10-27-28)16-8-14(23)9-18-19(16)15-6-4-5-7-17(15)21(18,30)22(24,25)26;1-19(10-28,18(29)30)27-9-11(8-26-27)14-6-12(22)7-16-17(14)13-4-2-3-5-15(13)20(16,31)21(23,24)25/h4-12,30H,3H2,1-2H3;2-9,28,31H,10H2,1H3,(H,29,30)/t12?,21-;19?,20-/m11/s1. The molecule has 0 aliphatic heterocycles. The third-order valence-corrected chi connectivity index (χ3v) is 11.1. The van der Waals surface area contributed by atoms with E-state index in [1.54, 1.807) is 19.9 Å². The van der Waals surface area contributed by atoms with Gasteiger partial charge in [0.05, 0.1) is 25.6 Å². The van der Waals surface area contributed by atoms with Gasteiger partial charge in [0.2, 0.25) is 11.2 Å². The quantitative estimate of drug-likeness (QED) is 0.0883. The fraction of sp³-hybridized carbons (Fsp3) is 0.256. The summed E-state index contributed by atoms with van der Waals surface area (Å²) >= 11 is 0. The van der Waals surface area contributed by atoms with Crippen LogP contribution in [0.4, 0.5) is 35.1 Å². The number of fused-ring (bicyclic) bond motifs is 6. The Bertz CT molecular complexity index is 2750. The van der Waals surface area contributed by atoms with Gasteiger partial charge < -0.3 is 25.2 Å². The maximum atomic E-state index is 14.5. The minimum Gasteiger partial charge on any atom is -0.479 e. The van der Waals surface area contributed by atoms with Crippen LogP contribution in [0.25, 0.3) is 44.5 Å². The van der Waals surface area contributed by atoms with Gasteiger partial charge in [-0.05, 0) is 78.4 Å². The van der Waals surface area contributed by atoms with Crippen LogP contribution in [0.3, 0.4) is 0 Å². The number of carboxylic acids is 1. The summed E-state index contributed by atoms with van der Waals surface area (Å²) in [5.74, 6) is -3.86. The molecule has 324 valence electrons. The molecular weight excluding hydrogens is 836 g/mol. The van der Waals surface area contributed by atoms with Gasteiger partial charge in [-0.25, -0.2) is 18.4 Å². The van der Waals surface area contributed by atoms with Crippen LogP contribution in [0, 0.1) is 11.6 Å². The fourth-order valence-electron chi connectivity index (χ4n) is 7.78. The van der Waals surface area contributed by atoms with E-state index in [0.717, 1.165) is 22.9 Å². The molecular formula is C43H34F8N4O7. The van der Waals surface area contributed by atoms with Gasteiger partial charge in [-0.2, -0.15) is 36.5 Å². The van der Waals surface area contributed by atoms with E-state index < -0.39 is 82.0 Å². The molecule has 11 nitrogen and oxygen atoms in total. The molecule has 4 N–H and O–H groups in total. The number of hydrogen-bond donors (Lipinski definition) is 4. The SMILES string of the molecule is CC(CO)(C(=O)O)n1cc(-c2cc(F)cc3c2-c2ccccc2[C@]3(O)C(F)(F)F)cn1.CCOC(=O)C(C)n1cc(-c2cc(F)cc3c2-c2ccccc2[C@]3(O)C(F)(F)F)cn1. The van der Waals surface area contributed by atoms with Crippen LogP contribution in [0.2, 0.25) is 0 Å². The molecule has 62 heavy (non-hydrogen) atoms. The van der Waals surface area contributed by atoms with Crippen molar-refractivity contribution in [3.05, 3.63) is 131 Å². The number of carbonyl (C=O) groups is 2. The summed E-state index contributed by atoms with van der Waals surface area (Å²) in [5.41, 5.74) is -9.81. The molecule has 0 amide bonds. The molecule has 0 fully saturated rings. The van der Waals surface area contributed by atoms with Gasteiger partial charge in [0.15, 0.2) is 5.54 Å². The maximum absolute atomic E-state index is 14.5. The van der Waals surface area contributed by atoms with Gasteiger partial charge in [-0.3, -0.25) is 9.36 Å². The summed E-state index contributed by atoms with van der Waals surface area (Å²) in [4.78, 5) is 23.5. The summed E-state index contributed by atoms with van der Waals surface area (Å²) in [6, 6.07) is 13.6. The van der Waals surface area contributed by atoms with Gasteiger partial charge >= 0.3 is 24.3 Å². The topological polar surface area (TPSA) is 160 Å². The van der Waals surface area contributed by atoms with Gasteiger partial charge in [-0.15, -0.1) is 0 Å². The average Bonchev–Trinajstić information content (AvgIpc) is 4.02. The fourth-order valence-corrected chi connectivity index (χ4v) is 7.78. The number of rotatable bonds is 8. The molecule has 2 aliphatic rings. The van der Waals surface area contributed by atoms with Crippen molar-refractivity contribution in [2.24, 2.45) is 0 Å². The number of benzene rings is 4. The molecule has 0 saturated carbocycles. The van der Waals surface area contributed by atoms with E-state index in [1.165, 1.54) is 72.8 Å². The number of alkyl halides is 6. The van der Waals surface area contributed by atoms with E-state index in [1.807, 2.05) is 0 Å². The van der Waals surface area contributed by atoms with Gasteiger partial charge in [0.25, 0.3) is 0 Å². The Hall–Kier alpha value is -6.44. The summed E-state index contributed by atoms with van der Waals surface area (Å²) < 4.78 is 120. The highest BCUT2D eigenvalue weighted by atomic mass is 19.4. The zero-order chi connectivity index (χ0) is 45.3. The number of aliphatic hydroxyl groups is 3. The lowest BCUT2D eigenvalue weighted by Crippen LogP contribution is -2.42. The van der Waals surface area contributed by atoms with Crippen molar-refractivity contribution in [3.8, 4) is 44.5 Å². The highest BCUT2D eigenvalue weighted by Crippen LogP contribution is 2.59. The van der Waals surface area contributed by atoms with Crippen LogP contribution >= 0.6 is 0 Å². The number of nitrogens with zero attached hydrogens (tertiary/aromatic N) is 4. The zero-order valence-electron chi connectivity index (χ0n) is 32.6. The van der Waals surface area contributed by atoms with Gasteiger partial charge in [0.1, 0.15) is 17.7 Å². The Morgan fingerprint density at radius 1 is 0.726 bits per heavy atom. The number of ether oxygens (including phenoxy) is 1. The van der Waals surface area contributed by atoms with Crippen molar-refractivity contribution < 1.29 is 69.9 Å². The second kappa shape index (κ2) is 15.2. The smallest absolute Gasteiger partial charge is 0.425 e. The van der Waals surface area contributed by atoms with Crippen LogP contribution in [-0.2, 0) is 31.1 Å². The van der Waals surface area contributed by atoms with E-state index in [0.29, 0.717) is 17.7 Å². The Labute approximate surface area is 346 Å². The number of hydrogen-bond acceptors (Lipinski definition) is 8. The third-order valence-electron chi connectivity index (χ3n) is 11.1. The van der Waals surface area contributed by atoms with Crippen LogP contribution in [0.15, 0.2) is 97.6 Å². The molecule has 0 radical (unpaired) electrons. The van der Waals surface area contributed by atoms with Gasteiger partial charge in [0, 0.05) is 45.8 Å². The highest BCUT2D eigenvalue weighted by molar-refractivity contribution is 5.93. The number of aliphatic carboxylic acids is 1. The van der Waals surface area contributed by atoms with E-state index >= 15 is 0 Å². The van der Waals surface area contributed by atoms with E-state index in [-0.39, 0.29) is 51.1 Å². The van der Waals surface area contributed by atoms with Crippen LogP contribution in [0.5, 0.6) is 0 Å². The van der Waals surface area contributed by atoms with E-state index in [4.69, 9.17) is 4.74 Å². The maximum Gasteiger partial charge on any atom is 0.425 e. The largest absolute Gasteiger partial charge is 0.479 e. The molecule has 4 aromatic carbocycles. The lowest BCUT2D eigenvalue weighted by molar-refractivity contribution is -0.247. The minimum atomic E-state index is -5.12. The predicted molar refractivity (Wildman–Crippen MR) is 204 cm³/mol. The summed E-state index contributed by atoms with van der Waals surface area (Å²) in [5, 5.41) is 48.5. The monoisotopic (exact) mass is 870 g/mol. The van der Waals surface area contributed by atoms with E-state index in [2.05, 4.69) is 10.2 Å². The number of carboxylic acid groups (broad SMARTS) is 1. The number of aliphatic hydroxyl groups excluding tert-OH is 1. The van der Waals surface area contributed by atoms with Crippen molar-refractivity contribution in [1.29, 1.82) is 0 Å². The molecule has 2 aromatic heterocycles. The first-order chi connectivity index (χ1) is 29.0. The van der Waals surface area contributed by atoms with Crippen molar-refractivity contribution >= 4 is 11.9 Å². The average molecular weight is 871 g/mol. The van der Waals surface area contributed by atoms with Crippen LogP contribution < -0.4 is 0 Å². The van der Waals surface area contributed by atoms with Crippen LogP contribution in [-0.4, -0.2) is 77.5 Å². The van der Waals surface area contributed by atoms with Crippen molar-refractivity contribution in [2.75, 3.05) is 13.2 Å². The number of aromatic nitrogens is 4. The van der Waals surface area contributed by atoms with E-state index in [9.17, 15) is 65.1 Å². The number of carbonyl (C=O) groups excluding carboxylic acids is 1. The highest BCUT2D eigenvalue weighted by Gasteiger charge is 2.62. The summed E-state index contributed by atoms with van der Waals surface area (Å²) in [6.07, 6.45) is -5.06. The molecule has 8 rings (SSSR count). The zero-order valence-corrected chi connectivity index (χ0v) is 32.6. The molecule has 0 spiro atoms.